The third kappa shape index (κ3) is 3.47. The van der Waals surface area contributed by atoms with Crippen LogP contribution in [0.2, 0.25) is 0 Å². The first-order valence-electron chi connectivity index (χ1n) is 11.7. The van der Waals surface area contributed by atoms with Gasteiger partial charge in [0.15, 0.2) is 0 Å². The van der Waals surface area contributed by atoms with E-state index in [0.29, 0.717) is 35.2 Å². The van der Waals surface area contributed by atoms with Crippen molar-refractivity contribution in [2.45, 2.75) is 44.9 Å². The van der Waals surface area contributed by atoms with Crippen LogP contribution in [0.25, 0.3) is 11.4 Å². The highest BCUT2D eigenvalue weighted by Crippen LogP contribution is 2.71. The maximum Gasteiger partial charge on any atom is 0.417 e. The van der Waals surface area contributed by atoms with Crippen LogP contribution in [-0.2, 0) is 6.18 Å². The number of amides is 1. The lowest BCUT2D eigenvalue weighted by Crippen LogP contribution is -2.60. The van der Waals surface area contributed by atoms with E-state index in [1.807, 2.05) is 36.9 Å². The number of hydrogen-bond donors (Lipinski definition) is 1. The first-order valence-corrected chi connectivity index (χ1v) is 11.7. The van der Waals surface area contributed by atoms with Crippen LogP contribution in [0.1, 0.15) is 39.9 Å². The number of nitrogens with one attached hydrogen (secondary N) is 1. The van der Waals surface area contributed by atoms with Crippen molar-refractivity contribution in [1.82, 2.24) is 19.9 Å². The number of carbonyl (C=O) groups is 1. The van der Waals surface area contributed by atoms with Gasteiger partial charge in [-0.25, -0.2) is 4.98 Å². The number of piperidine rings is 1. The van der Waals surface area contributed by atoms with Gasteiger partial charge in [-0.3, -0.25) is 14.8 Å². The van der Waals surface area contributed by atoms with E-state index in [-0.39, 0.29) is 23.4 Å². The zero-order chi connectivity index (χ0) is 24.5. The molecule has 3 aromatic heterocycles. The van der Waals surface area contributed by atoms with E-state index >= 15 is 0 Å². The molecule has 2 saturated carbocycles. The minimum atomic E-state index is -4.42. The number of alkyl halides is 3. The molecule has 9 heteroatoms. The molecular formula is C26H24F3N5O. The molecule has 3 fully saturated rings. The Bertz CT molecular complexity index is 1330. The summed E-state index contributed by atoms with van der Waals surface area (Å²) < 4.78 is 38.7. The van der Waals surface area contributed by atoms with Crippen molar-refractivity contribution in [2.24, 2.45) is 11.3 Å². The second-order valence-electron chi connectivity index (χ2n) is 10.00. The average Bonchev–Trinajstić information content (AvgIpc) is 3.47. The van der Waals surface area contributed by atoms with Gasteiger partial charge in [0.1, 0.15) is 11.5 Å². The third-order valence-electron chi connectivity index (χ3n) is 7.78. The molecule has 6 rings (SSSR count). The molecule has 0 radical (unpaired) electrons. The van der Waals surface area contributed by atoms with Crippen molar-refractivity contribution in [1.29, 1.82) is 0 Å². The molecule has 4 atom stereocenters. The van der Waals surface area contributed by atoms with Crippen molar-refractivity contribution in [3.05, 3.63) is 71.2 Å². The van der Waals surface area contributed by atoms with E-state index in [0.717, 1.165) is 36.2 Å². The Hall–Kier alpha value is -3.49. The van der Waals surface area contributed by atoms with Gasteiger partial charge in [0.25, 0.3) is 5.91 Å². The molecule has 0 bridgehead atoms. The Labute approximate surface area is 200 Å². The summed E-state index contributed by atoms with van der Waals surface area (Å²) >= 11 is 0. The van der Waals surface area contributed by atoms with E-state index in [9.17, 15) is 18.0 Å². The molecule has 6 nitrogen and oxygen atoms in total. The quantitative estimate of drug-likeness (QED) is 0.577. The van der Waals surface area contributed by atoms with Gasteiger partial charge in [0.05, 0.1) is 22.9 Å². The highest BCUT2D eigenvalue weighted by molar-refractivity contribution is 6.00. The van der Waals surface area contributed by atoms with Crippen LogP contribution in [0.4, 0.5) is 19.0 Å². The van der Waals surface area contributed by atoms with Gasteiger partial charge in [0, 0.05) is 31.2 Å². The first-order chi connectivity index (χ1) is 16.7. The summed E-state index contributed by atoms with van der Waals surface area (Å²) in [5.74, 6) is 0.772. The molecule has 1 saturated heterocycles. The number of likely N-dealkylation sites (tertiary alicyclic amines) is 1. The van der Waals surface area contributed by atoms with Crippen molar-refractivity contribution in [2.75, 3.05) is 11.9 Å². The summed E-state index contributed by atoms with van der Waals surface area (Å²) in [6.07, 6.45) is 1.82. The fourth-order valence-electron chi connectivity index (χ4n) is 6.00. The number of hydrogen-bond acceptors (Lipinski definition) is 5. The average molecular weight is 480 g/mol. The second-order valence-corrected chi connectivity index (χ2v) is 10.00. The summed E-state index contributed by atoms with van der Waals surface area (Å²) in [5, 5.41) is 3.28. The van der Waals surface area contributed by atoms with E-state index in [1.165, 1.54) is 6.07 Å². The zero-order valence-corrected chi connectivity index (χ0v) is 19.3. The van der Waals surface area contributed by atoms with E-state index in [4.69, 9.17) is 0 Å². The molecule has 3 aliphatic rings. The maximum atomic E-state index is 13.9. The number of nitrogens with zero attached hydrogens (tertiary/aromatic N) is 4. The molecular weight excluding hydrogens is 455 g/mol. The molecule has 0 aromatic carbocycles. The number of anilines is 1. The van der Waals surface area contributed by atoms with Gasteiger partial charge in [-0.05, 0) is 73.4 Å². The summed E-state index contributed by atoms with van der Waals surface area (Å²) in [4.78, 5) is 28.9. The van der Waals surface area contributed by atoms with Crippen LogP contribution >= 0.6 is 0 Å². The molecule has 180 valence electrons. The number of halogens is 3. The number of aromatic nitrogens is 3. The molecule has 1 aliphatic heterocycles. The van der Waals surface area contributed by atoms with Crippen LogP contribution < -0.4 is 5.32 Å². The van der Waals surface area contributed by atoms with E-state index < -0.39 is 11.7 Å². The van der Waals surface area contributed by atoms with Crippen LogP contribution in [0, 0.1) is 25.2 Å². The summed E-state index contributed by atoms with van der Waals surface area (Å²) in [6, 6.07) is 7.96. The molecule has 4 unspecified atom stereocenters. The topological polar surface area (TPSA) is 71.0 Å². The zero-order valence-electron chi connectivity index (χ0n) is 19.3. The normalized spacial score (nSPS) is 26.5. The smallest absolute Gasteiger partial charge is 0.365 e. The van der Waals surface area contributed by atoms with Gasteiger partial charge in [-0.2, -0.15) is 13.2 Å². The molecule has 1 N–H and O–H groups in total. The van der Waals surface area contributed by atoms with Crippen LogP contribution in [0.3, 0.4) is 0 Å². The first kappa shape index (κ1) is 22.0. The van der Waals surface area contributed by atoms with Crippen molar-refractivity contribution in [3.8, 4) is 11.4 Å². The minimum absolute atomic E-state index is 0.0257. The summed E-state index contributed by atoms with van der Waals surface area (Å²) in [7, 11) is 0. The number of rotatable bonds is 4. The third-order valence-corrected chi connectivity index (χ3v) is 7.78. The fourth-order valence-corrected chi connectivity index (χ4v) is 6.00. The SMILES string of the molecule is Cc1cnc(-c2ncccc2C)c(C(=O)N2CC3CC34CC(Nc3ccc(C(F)(F)F)cn3)C24)c1. The second kappa shape index (κ2) is 7.50. The van der Waals surface area contributed by atoms with Crippen LogP contribution in [0.15, 0.2) is 48.9 Å². The lowest BCUT2D eigenvalue weighted by atomic mass is 9.71. The summed E-state index contributed by atoms with van der Waals surface area (Å²) in [5.41, 5.74) is 2.95. The van der Waals surface area contributed by atoms with Gasteiger partial charge < -0.3 is 10.2 Å². The Balaban J connectivity index is 1.28. The van der Waals surface area contributed by atoms with Crippen molar-refractivity contribution >= 4 is 11.7 Å². The highest BCUT2D eigenvalue weighted by atomic mass is 19.4. The van der Waals surface area contributed by atoms with Gasteiger partial charge in [-0.1, -0.05) is 6.07 Å². The minimum Gasteiger partial charge on any atom is -0.365 e. The van der Waals surface area contributed by atoms with Crippen molar-refractivity contribution in [3.63, 3.8) is 0 Å². The highest BCUT2D eigenvalue weighted by Gasteiger charge is 2.75. The molecule has 2 aliphatic carbocycles. The lowest BCUT2D eigenvalue weighted by Gasteiger charge is -2.48. The van der Waals surface area contributed by atoms with Crippen molar-refractivity contribution < 1.29 is 18.0 Å². The van der Waals surface area contributed by atoms with Gasteiger partial charge >= 0.3 is 6.18 Å². The number of pyridine rings is 3. The summed E-state index contributed by atoms with van der Waals surface area (Å²) in [6.45, 7) is 4.53. The predicted molar refractivity (Wildman–Crippen MR) is 124 cm³/mol. The number of carbonyl (C=O) groups excluding carboxylic acids is 1. The predicted octanol–water partition coefficient (Wildman–Crippen LogP) is 4.89. The monoisotopic (exact) mass is 479 g/mol. The molecule has 4 heterocycles. The Morgan fingerprint density at radius 2 is 1.91 bits per heavy atom. The lowest BCUT2D eigenvalue weighted by molar-refractivity contribution is -0.137. The Morgan fingerprint density at radius 1 is 1.09 bits per heavy atom. The van der Waals surface area contributed by atoms with Gasteiger partial charge in [-0.15, -0.1) is 0 Å². The molecule has 35 heavy (non-hydrogen) atoms. The van der Waals surface area contributed by atoms with Gasteiger partial charge in [0.2, 0.25) is 0 Å². The Kier molecular flexibility index (Phi) is 4.72. The fraction of sp³-hybridized carbons (Fsp3) is 0.385. The molecule has 1 amide bonds. The Morgan fingerprint density at radius 3 is 2.63 bits per heavy atom. The standard InChI is InChI=1S/C26H24F3N5O/c1-14-8-18(22(32-11-14)21-15(2)4-3-7-30-21)24(35)34-13-17-9-25(17)10-19(23(25)34)33-20-6-5-16(12-31-20)26(27,28)29/h3-8,11-12,17,19,23H,9-10,13H2,1-2H3,(H,31,33). The van der Waals surface area contributed by atoms with E-state index in [2.05, 4.69) is 20.3 Å². The van der Waals surface area contributed by atoms with Crippen LogP contribution in [-0.4, -0.2) is 44.4 Å². The van der Waals surface area contributed by atoms with Crippen LogP contribution in [0.5, 0.6) is 0 Å². The maximum absolute atomic E-state index is 13.9. The van der Waals surface area contributed by atoms with E-state index in [1.54, 1.807) is 12.4 Å². The molecule has 3 aromatic rings. The molecule has 1 spiro atoms. The number of aryl methyl sites for hydroxylation is 2. The largest absolute Gasteiger partial charge is 0.417 e.